The van der Waals surface area contributed by atoms with Crippen LogP contribution in [0.2, 0.25) is 0 Å². The zero-order valence-electron chi connectivity index (χ0n) is 5.53. The Morgan fingerprint density at radius 1 is 1.50 bits per heavy atom. The molecule has 0 spiro atoms. The largest absolute Gasteiger partial charge is 0.393 e. The first-order valence-corrected chi connectivity index (χ1v) is 2.69. The van der Waals surface area contributed by atoms with Crippen LogP contribution in [0.25, 0.3) is 0 Å². The van der Waals surface area contributed by atoms with Crippen molar-refractivity contribution in [2.24, 2.45) is 5.90 Å². The van der Waals surface area contributed by atoms with E-state index in [4.69, 9.17) is 11.6 Å². The fraction of sp³-hybridized carbons (Fsp3) is 0.200. The van der Waals surface area contributed by atoms with Gasteiger partial charge in [-0.2, -0.15) is 10.9 Å². The van der Waals surface area contributed by atoms with Gasteiger partial charge in [0.15, 0.2) is 0 Å². The third-order valence-electron chi connectivity index (χ3n) is 1.16. The second-order valence-corrected chi connectivity index (χ2v) is 1.80. The lowest BCUT2D eigenvalue weighted by atomic mass is 10.4. The molecule has 0 atom stereocenters. The van der Waals surface area contributed by atoms with Crippen LogP contribution >= 0.6 is 0 Å². The van der Waals surface area contributed by atoms with E-state index >= 15 is 0 Å². The number of hydrogen-bond donors (Lipinski definition) is 2. The van der Waals surface area contributed by atoms with Crippen molar-refractivity contribution in [2.75, 3.05) is 5.73 Å². The fourth-order valence-corrected chi connectivity index (χ4v) is 0.556. The Morgan fingerprint density at radius 2 is 2.20 bits per heavy atom. The number of nitrogens with two attached hydrogens (primary N) is 2. The Labute approximate surface area is 58.0 Å². The van der Waals surface area contributed by atoms with Gasteiger partial charge in [-0.15, -0.1) is 0 Å². The molecule has 10 heavy (non-hydrogen) atoms. The van der Waals surface area contributed by atoms with Crippen LogP contribution in [0.5, 0.6) is 5.88 Å². The molecule has 0 aliphatic carbocycles. The summed E-state index contributed by atoms with van der Waals surface area (Å²) in [5.74, 6) is 5.06. The lowest BCUT2D eigenvalue weighted by molar-refractivity contribution is 0.322. The molecule has 0 amide bonds. The van der Waals surface area contributed by atoms with Crippen LogP contribution in [-0.4, -0.2) is 9.97 Å². The van der Waals surface area contributed by atoms with Crippen molar-refractivity contribution in [2.45, 2.75) is 6.92 Å². The Hall–Kier alpha value is -1.36. The van der Waals surface area contributed by atoms with Crippen molar-refractivity contribution < 1.29 is 4.84 Å². The highest BCUT2D eigenvalue weighted by atomic mass is 16.6. The van der Waals surface area contributed by atoms with Crippen LogP contribution in [-0.2, 0) is 0 Å². The molecule has 1 heterocycles. The summed E-state index contributed by atoms with van der Waals surface area (Å²) in [5.41, 5.74) is 6.51. The molecule has 0 saturated heterocycles. The van der Waals surface area contributed by atoms with Crippen molar-refractivity contribution in [1.82, 2.24) is 9.97 Å². The zero-order chi connectivity index (χ0) is 7.56. The first-order valence-electron chi connectivity index (χ1n) is 2.69. The molecular weight excluding hydrogens is 132 g/mol. The number of hydrogen-bond acceptors (Lipinski definition) is 5. The van der Waals surface area contributed by atoms with Gasteiger partial charge in [0.05, 0.1) is 5.69 Å². The minimum Gasteiger partial charge on any atom is -0.393 e. The molecule has 0 unspecified atom stereocenters. The van der Waals surface area contributed by atoms with E-state index < -0.39 is 0 Å². The minimum atomic E-state index is 0.215. The van der Waals surface area contributed by atoms with Gasteiger partial charge in [0, 0.05) is 0 Å². The van der Waals surface area contributed by atoms with Crippen molar-refractivity contribution >= 4 is 5.69 Å². The average molecular weight is 140 g/mol. The van der Waals surface area contributed by atoms with Crippen LogP contribution in [0.1, 0.15) is 5.69 Å². The molecule has 4 N–H and O–H groups in total. The summed E-state index contributed by atoms with van der Waals surface area (Å²) in [6.07, 6.45) is 1.34. The maximum atomic E-state index is 5.46. The quantitative estimate of drug-likeness (QED) is 0.519. The summed E-state index contributed by atoms with van der Waals surface area (Å²) in [5, 5.41) is 0. The number of aryl methyl sites for hydroxylation is 1. The maximum Gasteiger partial charge on any atom is 0.263 e. The normalized spacial score (nSPS) is 9.40. The summed E-state index contributed by atoms with van der Waals surface area (Å²) in [6, 6.07) is 0. The predicted octanol–water partition coefficient (Wildman–Crippen LogP) is -0.380. The SMILES string of the molecule is Cc1ncnc(ON)c1N. The van der Waals surface area contributed by atoms with Crippen LogP contribution in [0.15, 0.2) is 6.33 Å². The Balaban J connectivity index is 3.14. The van der Waals surface area contributed by atoms with Crippen LogP contribution in [0.3, 0.4) is 0 Å². The van der Waals surface area contributed by atoms with Gasteiger partial charge in [-0.25, -0.2) is 4.98 Å². The highest BCUT2D eigenvalue weighted by Gasteiger charge is 2.02. The van der Waals surface area contributed by atoms with Crippen LogP contribution in [0.4, 0.5) is 5.69 Å². The summed E-state index contributed by atoms with van der Waals surface area (Å²) < 4.78 is 0. The molecule has 0 radical (unpaired) electrons. The van der Waals surface area contributed by atoms with E-state index in [1.165, 1.54) is 6.33 Å². The van der Waals surface area contributed by atoms with Crippen molar-refractivity contribution in [3.05, 3.63) is 12.0 Å². The second kappa shape index (κ2) is 2.49. The summed E-state index contributed by atoms with van der Waals surface area (Å²) in [4.78, 5) is 11.8. The van der Waals surface area contributed by atoms with Crippen molar-refractivity contribution in [1.29, 1.82) is 0 Å². The third-order valence-corrected chi connectivity index (χ3v) is 1.16. The number of nitrogens with zero attached hydrogens (tertiary/aromatic N) is 2. The van der Waals surface area contributed by atoms with E-state index in [9.17, 15) is 0 Å². The summed E-state index contributed by atoms with van der Waals surface area (Å²) in [7, 11) is 0. The van der Waals surface area contributed by atoms with Crippen LogP contribution in [0, 0.1) is 6.92 Å². The number of nitrogen functional groups attached to an aromatic ring is 1. The standard InChI is InChI=1S/C5H8N4O/c1-3-4(6)5(10-7)9-2-8-3/h2H,6-7H2,1H3. The molecule has 0 aliphatic heterocycles. The minimum absolute atomic E-state index is 0.215. The molecule has 1 aromatic heterocycles. The number of aromatic nitrogens is 2. The second-order valence-electron chi connectivity index (χ2n) is 1.80. The van der Waals surface area contributed by atoms with Gasteiger partial charge in [-0.3, -0.25) is 0 Å². The van der Waals surface area contributed by atoms with Crippen LogP contribution < -0.4 is 16.5 Å². The van der Waals surface area contributed by atoms with Gasteiger partial charge in [0.2, 0.25) is 0 Å². The lowest BCUT2D eigenvalue weighted by Crippen LogP contribution is -2.08. The zero-order valence-corrected chi connectivity index (χ0v) is 5.53. The van der Waals surface area contributed by atoms with Crippen molar-refractivity contribution in [3.8, 4) is 5.88 Å². The Kier molecular flexibility index (Phi) is 1.68. The molecule has 5 heteroatoms. The highest BCUT2D eigenvalue weighted by molar-refractivity contribution is 5.50. The Morgan fingerprint density at radius 3 is 2.70 bits per heavy atom. The molecule has 0 fully saturated rings. The molecule has 0 aromatic carbocycles. The molecule has 0 saturated carbocycles. The predicted molar refractivity (Wildman–Crippen MR) is 36.0 cm³/mol. The van der Waals surface area contributed by atoms with Gasteiger partial charge in [-0.1, -0.05) is 0 Å². The van der Waals surface area contributed by atoms with Crippen molar-refractivity contribution in [3.63, 3.8) is 0 Å². The molecular formula is C5H8N4O. The fourth-order valence-electron chi connectivity index (χ4n) is 0.556. The van der Waals surface area contributed by atoms with Gasteiger partial charge in [0.25, 0.3) is 5.88 Å². The third kappa shape index (κ3) is 0.985. The molecule has 1 rings (SSSR count). The van der Waals surface area contributed by atoms with E-state index in [0.717, 1.165) is 0 Å². The first kappa shape index (κ1) is 6.76. The molecule has 0 aliphatic rings. The smallest absolute Gasteiger partial charge is 0.263 e. The topological polar surface area (TPSA) is 87.0 Å². The van der Waals surface area contributed by atoms with Gasteiger partial charge >= 0.3 is 0 Å². The van der Waals surface area contributed by atoms with E-state index in [0.29, 0.717) is 11.4 Å². The van der Waals surface area contributed by atoms with E-state index in [1.54, 1.807) is 6.92 Å². The highest BCUT2D eigenvalue weighted by Crippen LogP contribution is 2.17. The average Bonchev–Trinajstić information content (AvgIpc) is 1.95. The molecule has 5 nitrogen and oxygen atoms in total. The summed E-state index contributed by atoms with van der Waals surface area (Å²) >= 11 is 0. The van der Waals surface area contributed by atoms with E-state index in [1.807, 2.05) is 0 Å². The van der Waals surface area contributed by atoms with Gasteiger partial charge in [-0.05, 0) is 6.92 Å². The molecule has 54 valence electrons. The first-order chi connectivity index (χ1) is 4.75. The molecule has 1 aromatic rings. The number of rotatable bonds is 1. The lowest BCUT2D eigenvalue weighted by Gasteiger charge is -2.01. The van der Waals surface area contributed by atoms with Gasteiger partial charge < -0.3 is 10.6 Å². The molecule has 0 bridgehead atoms. The van der Waals surface area contributed by atoms with Gasteiger partial charge in [0.1, 0.15) is 12.0 Å². The monoisotopic (exact) mass is 140 g/mol. The maximum absolute atomic E-state index is 5.46. The van der Waals surface area contributed by atoms with E-state index in [-0.39, 0.29) is 5.88 Å². The van der Waals surface area contributed by atoms with E-state index in [2.05, 4.69) is 14.8 Å². The number of anilines is 1. The summed E-state index contributed by atoms with van der Waals surface area (Å²) in [6.45, 7) is 1.75. The Bertz CT molecular complexity index is 237.